The molecule has 0 aliphatic carbocycles. The summed E-state index contributed by atoms with van der Waals surface area (Å²) in [5.74, 6) is -0.666. The van der Waals surface area contributed by atoms with Gasteiger partial charge in [-0.2, -0.15) is 0 Å². The second-order valence-electron chi connectivity index (χ2n) is 3.86. The maximum Gasteiger partial charge on any atom is 0.119 e. The van der Waals surface area contributed by atoms with Crippen molar-refractivity contribution in [2.45, 2.75) is 25.4 Å². The molecule has 0 radical (unpaired) electrons. The summed E-state index contributed by atoms with van der Waals surface area (Å²) in [6.45, 7) is 2.46. The summed E-state index contributed by atoms with van der Waals surface area (Å²) < 4.78 is 13.6. The Morgan fingerprint density at radius 2 is 1.93 bits per heavy atom. The number of halogens is 1. The number of rotatable bonds is 3. The van der Waals surface area contributed by atoms with E-state index in [0.717, 1.165) is 0 Å². The van der Waals surface area contributed by atoms with Gasteiger partial charge in [-0.05, 0) is 19.9 Å². The highest BCUT2D eigenvalue weighted by Gasteiger charge is 2.31. The Balaban J connectivity index is 3.08. The molecule has 0 amide bonds. The number of hydrogen-bond acceptors (Lipinski definition) is 2. The Hall–Kier alpha value is -1.09. The Bertz CT molecular complexity index is 304. The molecule has 0 aromatic heterocycles. The van der Waals surface area contributed by atoms with Crippen LogP contribution in [-0.4, -0.2) is 22.5 Å². The average molecular weight is 198 g/mol. The second-order valence-corrected chi connectivity index (χ2v) is 3.86. The standard InChI is InChI=1S/C11H15FO2/c1-11(2,12)9(7-13)8-5-3-4-6-10(8)14/h3-6,9,13-14H,7H2,1-2H3. The predicted octanol–water partition coefficient (Wildman–Crippen LogP) is 2.22. The molecule has 0 heterocycles. The smallest absolute Gasteiger partial charge is 0.119 e. The number of para-hydroxylation sites is 1. The SMILES string of the molecule is CC(C)(F)C(CO)c1ccccc1O. The van der Waals surface area contributed by atoms with Gasteiger partial charge in [0, 0.05) is 11.5 Å². The van der Waals surface area contributed by atoms with E-state index in [1.807, 2.05) is 0 Å². The van der Waals surface area contributed by atoms with Crippen molar-refractivity contribution in [1.29, 1.82) is 0 Å². The van der Waals surface area contributed by atoms with Crippen molar-refractivity contribution in [1.82, 2.24) is 0 Å². The summed E-state index contributed by atoms with van der Waals surface area (Å²) in [5, 5.41) is 18.6. The van der Waals surface area contributed by atoms with Crippen molar-refractivity contribution < 1.29 is 14.6 Å². The number of phenols is 1. The summed E-state index contributed by atoms with van der Waals surface area (Å²) in [5.41, 5.74) is -1.10. The molecule has 78 valence electrons. The Labute approximate surface area is 83.0 Å². The maximum atomic E-state index is 13.6. The van der Waals surface area contributed by atoms with E-state index in [-0.39, 0.29) is 12.4 Å². The van der Waals surface area contributed by atoms with E-state index in [2.05, 4.69) is 0 Å². The third-order valence-corrected chi connectivity index (χ3v) is 2.32. The molecule has 2 nitrogen and oxygen atoms in total. The van der Waals surface area contributed by atoms with E-state index >= 15 is 0 Å². The van der Waals surface area contributed by atoms with Crippen molar-refractivity contribution in [3.8, 4) is 5.75 Å². The average Bonchev–Trinajstić information content (AvgIpc) is 2.07. The Morgan fingerprint density at radius 3 is 2.36 bits per heavy atom. The lowest BCUT2D eigenvalue weighted by atomic mass is 9.86. The van der Waals surface area contributed by atoms with E-state index in [4.69, 9.17) is 5.11 Å². The largest absolute Gasteiger partial charge is 0.508 e. The molecule has 0 aliphatic heterocycles. The van der Waals surface area contributed by atoms with Gasteiger partial charge in [-0.1, -0.05) is 18.2 Å². The first-order valence-electron chi connectivity index (χ1n) is 4.54. The van der Waals surface area contributed by atoms with Crippen LogP contribution < -0.4 is 0 Å². The molecule has 1 aromatic carbocycles. The van der Waals surface area contributed by atoms with Gasteiger partial charge in [0.05, 0.1) is 6.61 Å². The van der Waals surface area contributed by atoms with E-state index < -0.39 is 11.6 Å². The quantitative estimate of drug-likeness (QED) is 0.781. The van der Waals surface area contributed by atoms with Crippen LogP contribution in [0.5, 0.6) is 5.75 Å². The predicted molar refractivity (Wildman–Crippen MR) is 53.1 cm³/mol. The summed E-state index contributed by atoms with van der Waals surface area (Å²) >= 11 is 0. The molecule has 0 aliphatic rings. The van der Waals surface area contributed by atoms with E-state index in [0.29, 0.717) is 5.56 Å². The molecule has 2 N–H and O–H groups in total. The van der Waals surface area contributed by atoms with Crippen LogP contribution in [0.25, 0.3) is 0 Å². The lowest BCUT2D eigenvalue weighted by Gasteiger charge is -2.25. The van der Waals surface area contributed by atoms with E-state index in [1.165, 1.54) is 19.9 Å². The summed E-state index contributed by atoms with van der Waals surface area (Å²) in [6, 6.07) is 6.49. The monoisotopic (exact) mass is 198 g/mol. The first kappa shape index (κ1) is 11.0. The molecule has 3 heteroatoms. The highest BCUT2D eigenvalue weighted by atomic mass is 19.1. The van der Waals surface area contributed by atoms with Crippen LogP contribution in [0.3, 0.4) is 0 Å². The summed E-state index contributed by atoms with van der Waals surface area (Å²) in [4.78, 5) is 0. The van der Waals surface area contributed by atoms with Gasteiger partial charge < -0.3 is 10.2 Å². The van der Waals surface area contributed by atoms with Crippen molar-refractivity contribution in [3.05, 3.63) is 29.8 Å². The van der Waals surface area contributed by atoms with Gasteiger partial charge in [0.2, 0.25) is 0 Å². The number of aromatic hydroxyl groups is 1. The molecule has 1 atom stereocenters. The number of phenolic OH excluding ortho intramolecular Hbond substituents is 1. The maximum absolute atomic E-state index is 13.6. The highest BCUT2D eigenvalue weighted by molar-refractivity contribution is 5.36. The van der Waals surface area contributed by atoms with Gasteiger partial charge in [0.25, 0.3) is 0 Å². The number of benzene rings is 1. The van der Waals surface area contributed by atoms with Crippen LogP contribution >= 0.6 is 0 Å². The van der Waals surface area contributed by atoms with Crippen LogP contribution in [0, 0.1) is 0 Å². The Morgan fingerprint density at radius 1 is 1.36 bits per heavy atom. The van der Waals surface area contributed by atoms with Gasteiger partial charge in [-0.3, -0.25) is 0 Å². The van der Waals surface area contributed by atoms with Crippen molar-refractivity contribution >= 4 is 0 Å². The van der Waals surface area contributed by atoms with Crippen LogP contribution in [-0.2, 0) is 0 Å². The fraction of sp³-hybridized carbons (Fsp3) is 0.455. The molecular formula is C11H15FO2. The molecule has 0 spiro atoms. The number of alkyl halides is 1. The zero-order valence-electron chi connectivity index (χ0n) is 8.37. The van der Waals surface area contributed by atoms with Gasteiger partial charge in [-0.15, -0.1) is 0 Å². The van der Waals surface area contributed by atoms with Gasteiger partial charge in [0.15, 0.2) is 0 Å². The van der Waals surface area contributed by atoms with Crippen LogP contribution in [0.1, 0.15) is 25.3 Å². The minimum absolute atomic E-state index is 0.0253. The fourth-order valence-corrected chi connectivity index (χ4v) is 1.47. The third-order valence-electron chi connectivity index (χ3n) is 2.32. The first-order valence-corrected chi connectivity index (χ1v) is 4.54. The van der Waals surface area contributed by atoms with Crippen molar-refractivity contribution in [3.63, 3.8) is 0 Å². The van der Waals surface area contributed by atoms with Gasteiger partial charge in [0.1, 0.15) is 11.4 Å². The molecule has 1 rings (SSSR count). The lowest BCUT2D eigenvalue weighted by molar-refractivity contribution is 0.117. The van der Waals surface area contributed by atoms with E-state index in [1.54, 1.807) is 18.2 Å². The lowest BCUT2D eigenvalue weighted by Crippen LogP contribution is -2.26. The van der Waals surface area contributed by atoms with Gasteiger partial charge >= 0.3 is 0 Å². The summed E-state index contributed by atoms with van der Waals surface area (Å²) in [6.07, 6.45) is 0. The molecule has 0 saturated heterocycles. The molecule has 1 unspecified atom stereocenters. The second kappa shape index (κ2) is 3.96. The molecule has 14 heavy (non-hydrogen) atoms. The number of hydrogen-bond donors (Lipinski definition) is 2. The van der Waals surface area contributed by atoms with Crippen LogP contribution in [0.15, 0.2) is 24.3 Å². The fourth-order valence-electron chi connectivity index (χ4n) is 1.47. The first-order chi connectivity index (χ1) is 6.46. The van der Waals surface area contributed by atoms with Crippen molar-refractivity contribution in [2.75, 3.05) is 6.61 Å². The third kappa shape index (κ3) is 2.23. The van der Waals surface area contributed by atoms with Crippen LogP contribution in [0.2, 0.25) is 0 Å². The highest BCUT2D eigenvalue weighted by Crippen LogP contribution is 2.35. The van der Waals surface area contributed by atoms with Crippen molar-refractivity contribution in [2.24, 2.45) is 0 Å². The number of aliphatic hydroxyl groups excluding tert-OH is 1. The molecule has 0 saturated carbocycles. The van der Waals surface area contributed by atoms with Crippen LogP contribution in [0.4, 0.5) is 4.39 Å². The zero-order valence-corrected chi connectivity index (χ0v) is 8.37. The molecule has 1 aromatic rings. The topological polar surface area (TPSA) is 40.5 Å². The minimum atomic E-state index is -1.55. The summed E-state index contributed by atoms with van der Waals surface area (Å²) in [7, 11) is 0. The molecular weight excluding hydrogens is 183 g/mol. The molecule has 0 bridgehead atoms. The minimum Gasteiger partial charge on any atom is -0.508 e. The van der Waals surface area contributed by atoms with Gasteiger partial charge in [-0.25, -0.2) is 4.39 Å². The molecule has 0 fully saturated rings. The normalized spacial score (nSPS) is 14.0. The Kier molecular flexibility index (Phi) is 3.11. The zero-order chi connectivity index (χ0) is 10.8. The van der Waals surface area contributed by atoms with E-state index in [9.17, 15) is 9.50 Å². The number of aliphatic hydroxyl groups is 1.